The molecule has 0 unspecified atom stereocenters. The van der Waals surface area contributed by atoms with Gasteiger partial charge in [-0.05, 0) is 47.4 Å². The van der Waals surface area contributed by atoms with Crippen LogP contribution in [-0.2, 0) is 4.74 Å². The van der Waals surface area contributed by atoms with Gasteiger partial charge >= 0.3 is 0 Å². The summed E-state index contributed by atoms with van der Waals surface area (Å²) in [5, 5.41) is 0. The molecule has 0 N–H and O–H groups in total. The third-order valence-electron chi connectivity index (χ3n) is 1.35. The van der Waals surface area contributed by atoms with Gasteiger partial charge in [-0.25, -0.2) is 0 Å². The maximum atomic E-state index is 4.91. The average molecular weight is 296 g/mol. The van der Waals surface area contributed by atoms with Gasteiger partial charge < -0.3 is 4.74 Å². The van der Waals surface area contributed by atoms with Crippen molar-refractivity contribution in [3.63, 3.8) is 0 Å². The summed E-state index contributed by atoms with van der Waals surface area (Å²) in [5.74, 6) is 48.9. The van der Waals surface area contributed by atoms with Crippen molar-refractivity contribution in [2.45, 2.75) is 0 Å². The number of ether oxygens (including phenoxy) is 1. The molecule has 0 aliphatic heterocycles. The van der Waals surface area contributed by atoms with Crippen LogP contribution in [0.3, 0.4) is 0 Å². The fraction of sp³-hybridized carbons (Fsp3) is 0.0435. The van der Waals surface area contributed by atoms with Gasteiger partial charge in [-0.1, -0.05) is 0 Å². The number of hydrogen-bond acceptors (Lipinski definition) is 1. The van der Waals surface area contributed by atoms with Gasteiger partial charge in [0.25, 0.3) is 0 Å². The summed E-state index contributed by atoms with van der Waals surface area (Å²) in [5.41, 5.74) is 0. The number of terminal acetylenes is 1. The van der Waals surface area contributed by atoms with Crippen molar-refractivity contribution in [1.82, 2.24) is 0 Å². The molecular weight excluding hydrogens is 292 g/mol. The Morgan fingerprint density at radius 3 is 0.917 bits per heavy atom. The van der Waals surface area contributed by atoms with Crippen LogP contribution in [0.25, 0.3) is 0 Å². The molecule has 0 rings (SSSR count). The second-order valence-corrected chi connectivity index (χ2v) is 2.83. The minimum atomic E-state index is 1.45. The van der Waals surface area contributed by atoms with Crippen molar-refractivity contribution in [3.8, 4) is 131 Å². The van der Waals surface area contributed by atoms with Gasteiger partial charge in [-0.15, -0.1) is 6.42 Å². The van der Waals surface area contributed by atoms with Crippen LogP contribution in [0, 0.1) is 131 Å². The lowest BCUT2D eigenvalue weighted by molar-refractivity contribution is 0.372. The van der Waals surface area contributed by atoms with E-state index in [4.69, 9.17) is 6.42 Å². The van der Waals surface area contributed by atoms with Crippen LogP contribution in [0.4, 0.5) is 0 Å². The number of rotatable bonds is 0. The number of methoxy groups -OCH3 is 1. The lowest BCUT2D eigenvalue weighted by atomic mass is 10.4. The van der Waals surface area contributed by atoms with E-state index in [-0.39, 0.29) is 0 Å². The Bertz CT molecular complexity index is 1130. The monoisotopic (exact) mass is 296 g/mol. The largest absolute Gasteiger partial charge is 0.449 e. The fourth-order valence-corrected chi connectivity index (χ4v) is 0.644. The molecule has 0 aromatic rings. The first-order valence-electron chi connectivity index (χ1n) is 5.90. The van der Waals surface area contributed by atoms with Crippen molar-refractivity contribution in [3.05, 3.63) is 0 Å². The quantitative estimate of drug-likeness (QED) is 0.583. The van der Waals surface area contributed by atoms with Crippen LogP contribution < -0.4 is 0 Å². The van der Waals surface area contributed by atoms with E-state index in [2.05, 4.69) is 129 Å². The maximum absolute atomic E-state index is 4.91. The summed E-state index contributed by atoms with van der Waals surface area (Å²) in [6.45, 7) is 0. The molecule has 0 aromatic carbocycles. The Morgan fingerprint density at radius 2 is 0.667 bits per heavy atom. The third kappa shape index (κ3) is 17.0. The van der Waals surface area contributed by atoms with Gasteiger partial charge in [0.15, 0.2) is 0 Å². The Labute approximate surface area is 143 Å². The maximum Gasteiger partial charge on any atom is 0.124 e. The molecule has 102 valence electrons. The summed E-state index contributed by atoms with van der Waals surface area (Å²) in [4.78, 5) is 0. The van der Waals surface area contributed by atoms with E-state index in [1.807, 2.05) is 0 Å². The van der Waals surface area contributed by atoms with E-state index in [0.717, 1.165) is 0 Å². The molecule has 0 amide bonds. The Balaban J connectivity index is 4.37. The highest BCUT2D eigenvalue weighted by atomic mass is 16.5. The molecule has 0 saturated carbocycles. The zero-order chi connectivity index (χ0) is 17.6. The molecule has 1 heteroatoms. The van der Waals surface area contributed by atoms with E-state index in [9.17, 15) is 0 Å². The highest BCUT2D eigenvalue weighted by Gasteiger charge is 1.59. The lowest BCUT2D eigenvalue weighted by Crippen LogP contribution is -1.62. The molecule has 0 aliphatic rings. The van der Waals surface area contributed by atoms with Crippen molar-refractivity contribution in [2.24, 2.45) is 0 Å². The van der Waals surface area contributed by atoms with Crippen LogP contribution in [0.15, 0.2) is 0 Å². The van der Waals surface area contributed by atoms with Gasteiger partial charge in [0, 0.05) is 71.0 Å². The molecule has 0 aromatic heterocycles. The van der Waals surface area contributed by atoms with Gasteiger partial charge in [-0.3, -0.25) is 0 Å². The van der Waals surface area contributed by atoms with Crippen molar-refractivity contribution >= 4 is 0 Å². The van der Waals surface area contributed by atoms with Gasteiger partial charge in [0.05, 0.1) is 7.11 Å². The first-order valence-corrected chi connectivity index (χ1v) is 5.90. The first kappa shape index (κ1) is 19.0. The molecule has 0 heterocycles. The minimum absolute atomic E-state index is 1.45. The van der Waals surface area contributed by atoms with Crippen LogP contribution >= 0.6 is 0 Å². The smallest absolute Gasteiger partial charge is 0.124 e. The number of hydrogen-bond donors (Lipinski definition) is 0. The van der Waals surface area contributed by atoms with Gasteiger partial charge in [0.1, 0.15) is 6.11 Å². The first-order chi connectivity index (χ1) is 11.9. The summed E-state index contributed by atoms with van der Waals surface area (Å²) in [6, 6.07) is 0. The molecule has 0 saturated heterocycles. The van der Waals surface area contributed by atoms with E-state index in [1.165, 1.54) is 7.11 Å². The van der Waals surface area contributed by atoms with Gasteiger partial charge in [0.2, 0.25) is 0 Å². The summed E-state index contributed by atoms with van der Waals surface area (Å²) in [7, 11) is 1.45. The Morgan fingerprint density at radius 1 is 0.417 bits per heavy atom. The summed E-state index contributed by atoms with van der Waals surface area (Å²) < 4.78 is 4.47. The molecule has 0 spiro atoms. The van der Waals surface area contributed by atoms with Crippen LogP contribution in [0.2, 0.25) is 0 Å². The predicted octanol–water partition coefficient (Wildman–Crippen LogP) is 0.258. The van der Waals surface area contributed by atoms with Crippen molar-refractivity contribution in [1.29, 1.82) is 0 Å². The molecule has 0 bridgehead atoms. The van der Waals surface area contributed by atoms with E-state index in [0.29, 0.717) is 0 Å². The van der Waals surface area contributed by atoms with Crippen molar-refractivity contribution in [2.75, 3.05) is 7.11 Å². The molecule has 1 nitrogen and oxygen atoms in total. The average Bonchev–Trinajstić information content (AvgIpc) is 2.60. The molecule has 0 radical (unpaired) electrons. The Kier molecular flexibility index (Phi) is 14.2. The van der Waals surface area contributed by atoms with E-state index < -0.39 is 0 Å². The van der Waals surface area contributed by atoms with Crippen LogP contribution in [0.1, 0.15) is 0 Å². The molecule has 0 atom stereocenters. The SMILES string of the molecule is C#CC#CC#CC#CC#CC#CC#CC#CC#CC#CC#COC. The zero-order valence-electron chi connectivity index (χ0n) is 12.5. The standard InChI is InChI=1S/C23H4O/c1-3-4-5-6-7-8-9-10-11-12-13-14-15-16-17-18-19-20-21-22-23-24-2/h1H,2H3. The fourth-order valence-electron chi connectivity index (χ4n) is 0.644. The zero-order valence-corrected chi connectivity index (χ0v) is 12.5. The normalized spacial score (nSPS) is 4.00. The van der Waals surface area contributed by atoms with E-state index >= 15 is 0 Å². The minimum Gasteiger partial charge on any atom is -0.449 e. The van der Waals surface area contributed by atoms with Crippen LogP contribution in [0.5, 0.6) is 0 Å². The third-order valence-corrected chi connectivity index (χ3v) is 1.35. The predicted molar refractivity (Wildman–Crippen MR) is 93.6 cm³/mol. The summed E-state index contributed by atoms with van der Waals surface area (Å²) in [6.07, 6.45) is 7.21. The topological polar surface area (TPSA) is 9.23 Å². The Hall–Kier alpha value is -5.04. The van der Waals surface area contributed by atoms with E-state index in [1.54, 1.807) is 0 Å². The molecule has 0 fully saturated rings. The second kappa shape index (κ2) is 18.0. The highest BCUT2D eigenvalue weighted by Crippen LogP contribution is 1.59. The van der Waals surface area contributed by atoms with Gasteiger partial charge in [-0.2, -0.15) is 0 Å². The second-order valence-electron chi connectivity index (χ2n) is 2.83. The molecule has 0 aliphatic carbocycles. The lowest BCUT2D eigenvalue weighted by Gasteiger charge is -1.69. The van der Waals surface area contributed by atoms with Crippen LogP contribution in [-0.4, -0.2) is 7.11 Å². The molecule has 24 heavy (non-hydrogen) atoms. The highest BCUT2D eigenvalue weighted by molar-refractivity contribution is 5.47. The summed E-state index contributed by atoms with van der Waals surface area (Å²) >= 11 is 0. The molecular formula is C23H4O. The van der Waals surface area contributed by atoms with Crippen molar-refractivity contribution < 1.29 is 4.74 Å².